The minimum atomic E-state index is 0.299. The summed E-state index contributed by atoms with van der Waals surface area (Å²) in [6, 6.07) is 0. The van der Waals surface area contributed by atoms with Crippen LogP contribution < -0.4 is 0 Å². The summed E-state index contributed by atoms with van der Waals surface area (Å²) < 4.78 is 0. The van der Waals surface area contributed by atoms with Crippen molar-refractivity contribution in [3.63, 3.8) is 0 Å². The largest absolute Gasteiger partial charge is 0.0813 e. The lowest BCUT2D eigenvalue weighted by atomic mass is 9.72. The molecular formula is C40H58. The first-order valence-corrected chi connectivity index (χ1v) is 15.6. The van der Waals surface area contributed by atoms with Gasteiger partial charge in [-0.05, 0) is 115 Å². The quantitative estimate of drug-likeness (QED) is 0.181. The van der Waals surface area contributed by atoms with E-state index in [-0.39, 0.29) is 0 Å². The highest BCUT2D eigenvalue weighted by Gasteiger charge is 2.27. The van der Waals surface area contributed by atoms with Crippen LogP contribution in [0.3, 0.4) is 0 Å². The third-order valence-electron chi connectivity index (χ3n) is 8.65. The van der Waals surface area contributed by atoms with Crippen molar-refractivity contribution in [1.29, 1.82) is 0 Å². The molecule has 0 aromatic carbocycles. The molecule has 2 aliphatic carbocycles. The Bertz CT molecular complexity index is 1070. The molecule has 0 aliphatic heterocycles. The van der Waals surface area contributed by atoms with Crippen LogP contribution in [0.2, 0.25) is 0 Å². The molecule has 0 heteroatoms. The lowest BCUT2D eigenvalue weighted by Crippen LogP contribution is -2.19. The van der Waals surface area contributed by atoms with Crippen LogP contribution in [0.25, 0.3) is 0 Å². The molecule has 0 saturated heterocycles. The van der Waals surface area contributed by atoms with Crippen LogP contribution >= 0.6 is 0 Å². The predicted molar refractivity (Wildman–Crippen MR) is 181 cm³/mol. The maximum absolute atomic E-state index is 2.38. The predicted octanol–water partition coefficient (Wildman–Crippen LogP) is 12.8. The smallest absolute Gasteiger partial charge is 0.0104 e. The highest BCUT2D eigenvalue weighted by molar-refractivity contribution is 5.38. The van der Waals surface area contributed by atoms with E-state index in [1.54, 1.807) is 11.1 Å². The normalized spacial score (nSPS) is 21.8. The number of rotatable bonds is 11. The SMILES string of the molecule is CC1=C(/C=C/C(C)=C/C=C/C(C)=C/CC/C=C(C)/C=C/C=C(C)/C=C/C2=C(C)CCCC2(C)C)C(C)(C)CCC1. The first-order valence-electron chi connectivity index (χ1n) is 15.6. The fourth-order valence-electron chi connectivity index (χ4n) is 6.02. The van der Waals surface area contributed by atoms with Gasteiger partial charge < -0.3 is 0 Å². The van der Waals surface area contributed by atoms with E-state index in [2.05, 4.69) is 142 Å². The average Bonchev–Trinajstić information content (AvgIpc) is 2.85. The summed E-state index contributed by atoms with van der Waals surface area (Å²) >= 11 is 0. The van der Waals surface area contributed by atoms with Crippen molar-refractivity contribution in [2.45, 2.75) is 121 Å². The van der Waals surface area contributed by atoms with Gasteiger partial charge in [-0.15, -0.1) is 0 Å². The first kappa shape index (κ1) is 33.6. The van der Waals surface area contributed by atoms with E-state index in [1.165, 1.54) is 72.0 Å². The van der Waals surface area contributed by atoms with Gasteiger partial charge in [0.1, 0.15) is 0 Å². The monoisotopic (exact) mass is 538 g/mol. The van der Waals surface area contributed by atoms with Gasteiger partial charge in [0.15, 0.2) is 0 Å². The maximum atomic E-state index is 2.38. The first-order chi connectivity index (χ1) is 18.8. The van der Waals surface area contributed by atoms with Crippen LogP contribution in [-0.4, -0.2) is 0 Å². The number of unbranched alkanes of at least 4 members (excludes halogenated alkanes) is 1. The third-order valence-corrected chi connectivity index (χ3v) is 8.65. The van der Waals surface area contributed by atoms with Gasteiger partial charge in [-0.3, -0.25) is 0 Å². The van der Waals surface area contributed by atoms with E-state index < -0.39 is 0 Å². The molecule has 0 atom stereocenters. The summed E-state index contributed by atoms with van der Waals surface area (Å²) in [5.74, 6) is 0. The van der Waals surface area contributed by atoms with E-state index in [0.29, 0.717) is 10.8 Å². The van der Waals surface area contributed by atoms with Crippen molar-refractivity contribution in [3.05, 3.63) is 117 Å². The Hall–Kier alpha value is -2.60. The number of allylic oxidation sites excluding steroid dienone is 20. The van der Waals surface area contributed by atoms with E-state index in [0.717, 1.165) is 12.8 Å². The highest BCUT2D eigenvalue weighted by atomic mass is 14.3. The Morgan fingerprint density at radius 3 is 1.30 bits per heavy atom. The van der Waals surface area contributed by atoms with Gasteiger partial charge in [-0.25, -0.2) is 0 Å². The third kappa shape index (κ3) is 11.5. The summed E-state index contributed by atoms with van der Waals surface area (Å²) in [7, 11) is 0. The van der Waals surface area contributed by atoms with E-state index in [4.69, 9.17) is 0 Å². The zero-order valence-electron chi connectivity index (χ0n) is 27.6. The Labute approximate surface area is 248 Å². The summed E-state index contributed by atoms with van der Waals surface area (Å²) in [5.41, 5.74) is 12.0. The molecule has 0 unspecified atom stereocenters. The second-order valence-electron chi connectivity index (χ2n) is 13.5. The standard InChI is InChI=1S/C40H58/c1-31(19-13-21-33(3)25-27-37-35(5)23-15-29-39(37,7)8)17-11-12-18-32(2)20-14-22-34(4)26-28-38-36(6)24-16-30-40(38,9)10/h13-14,17-22,25-28H,11-12,15-16,23-24,29-30H2,1-10H3/b19-13+,20-14+,27-25+,28-26+,31-17+,32-18+,33-21+,34-22+. The summed E-state index contributed by atoms with van der Waals surface area (Å²) in [6.07, 6.45) is 37.0. The van der Waals surface area contributed by atoms with Crippen molar-refractivity contribution < 1.29 is 0 Å². The molecule has 0 heterocycles. The van der Waals surface area contributed by atoms with Gasteiger partial charge in [-0.1, -0.05) is 134 Å². The van der Waals surface area contributed by atoms with Gasteiger partial charge in [0, 0.05) is 0 Å². The van der Waals surface area contributed by atoms with Crippen LogP contribution in [0.15, 0.2) is 117 Å². The fraction of sp³-hybridized carbons (Fsp3) is 0.500. The molecule has 40 heavy (non-hydrogen) atoms. The molecule has 0 spiro atoms. The highest BCUT2D eigenvalue weighted by Crippen LogP contribution is 2.41. The van der Waals surface area contributed by atoms with E-state index in [1.807, 2.05) is 0 Å². The Balaban J connectivity index is 1.82. The van der Waals surface area contributed by atoms with Gasteiger partial charge in [0.05, 0.1) is 0 Å². The van der Waals surface area contributed by atoms with Crippen molar-refractivity contribution in [2.24, 2.45) is 10.8 Å². The van der Waals surface area contributed by atoms with Gasteiger partial charge in [0.2, 0.25) is 0 Å². The summed E-state index contributed by atoms with van der Waals surface area (Å²) in [6.45, 7) is 22.9. The molecule has 0 radical (unpaired) electrons. The summed E-state index contributed by atoms with van der Waals surface area (Å²) in [5, 5.41) is 0. The molecule has 0 nitrogen and oxygen atoms in total. The minimum Gasteiger partial charge on any atom is -0.0813 e. The Morgan fingerprint density at radius 1 is 0.575 bits per heavy atom. The van der Waals surface area contributed by atoms with Crippen molar-refractivity contribution in [2.75, 3.05) is 0 Å². The zero-order valence-corrected chi connectivity index (χ0v) is 27.6. The van der Waals surface area contributed by atoms with Crippen LogP contribution in [0.1, 0.15) is 121 Å². The van der Waals surface area contributed by atoms with E-state index in [9.17, 15) is 0 Å². The molecular weight excluding hydrogens is 480 g/mol. The van der Waals surface area contributed by atoms with Crippen LogP contribution in [0.5, 0.6) is 0 Å². The number of hydrogen-bond acceptors (Lipinski definition) is 0. The second-order valence-corrected chi connectivity index (χ2v) is 13.5. The van der Waals surface area contributed by atoms with Crippen molar-refractivity contribution >= 4 is 0 Å². The van der Waals surface area contributed by atoms with Gasteiger partial charge in [-0.2, -0.15) is 0 Å². The lowest BCUT2D eigenvalue weighted by Gasteiger charge is -2.33. The summed E-state index contributed by atoms with van der Waals surface area (Å²) in [4.78, 5) is 0. The molecule has 2 aliphatic rings. The van der Waals surface area contributed by atoms with Crippen molar-refractivity contribution in [1.82, 2.24) is 0 Å². The van der Waals surface area contributed by atoms with E-state index >= 15 is 0 Å². The van der Waals surface area contributed by atoms with Crippen LogP contribution in [0.4, 0.5) is 0 Å². The second kappa shape index (κ2) is 16.0. The molecule has 0 aromatic heterocycles. The van der Waals surface area contributed by atoms with Crippen LogP contribution in [0, 0.1) is 10.8 Å². The van der Waals surface area contributed by atoms with Crippen LogP contribution in [-0.2, 0) is 0 Å². The van der Waals surface area contributed by atoms with Gasteiger partial charge in [0.25, 0.3) is 0 Å². The molecule has 0 aromatic rings. The molecule has 0 fully saturated rings. The zero-order chi connectivity index (χ0) is 29.8. The molecule has 218 valence electrons. The Kier molecular flexibility index (Phi) is 13.4. The minimum absolute atomic E-state index is 0.299. The average molecular weight is 539 g/mol. The lowest BCUT2D eigenvalue weighted by molar-refractivity contribution is 0.376. The Morgan fingerprint density at radius 2 is 0.950 bits per heavy atom. The molecule has 0 bridgehead atoms. The topological polar surface area (TPSA) is 0 Å². The molecule has 0 N–H and O–H groups in total. The molecule has 2 rings (SSSR count). The molecule has 0 saturated carbocycles. The van der Waals surface area contributed by atoms with Gasteiger partial charge >= 0.3 is 0 Å². The fourth-order valence-corrected chi connectivity index (χ4v) is 6.02. The molecule has 0 amide bonds. The maximum Gasteiger partial charge on any atom is -0.0104 e. The van der Waals surface area contributed by atoms with Crippen molar-refractivity contribution in [3.8, 4) is 0 Å². The number of hydrogen-bond donors (Lipinski definition) is 0.